The summed E-state index contributed by atoms with van der Waals surface area (Å²) in [6.07, 6.45) is 2.54. The van der Waals surface area contributed by atoms with Crippen LogP contribution in [-0.4, -0.2) is 29.1 Å². The molecule has 1 saturated heterocycles. The molecule has 2 aliphatic rings. The number of piperidine rings is 1. The first-order valence-electron chi connectivity index (χ1n) is 10.9. The number of carbonyl (C=O) groups is 1. The van der Waals surface area contributed by atoms with E-state index < -0.39 is 0 Å². The van der Waals surface area contributed by atoms with Gasteiger partial charge in [-0.2, -0.15) is 0 Å². The molecular weight excluding hydrogens is 390 g/mol. The number of aryl methyl sites for hydroxylation is 1. The fourth-order valence-electron chi connectivity index (χ4n) is 4.29. The molecule has 3 heterocycles. The normalized spacial score (nSPS) is 16.3. The molecule has 5 rings (SSSR count). The molecule has 31 heavy (non-hydrogen) atoms. The van der Waals surface area contributed by atoms with Crippen molar-refractivity contribution >= 4 is 11.6 Å². The van der Waals surface area contributed by atoms with E-state index >= 15 is 0 Å². The van der Waals surface area contributed by atoms with Crippen LogP contribution in [0.5, 0.6) is 5.75 Å². The smallest absolute Gasteiger partial charge is 0.278 e. The van der Waals surface area contributed by atoms with Crippen molar-refractivity contribution in [3.05, 3.63) is 64.8 Å². The highest BCUT2D eigenvalue weighted by molar-refractivity contribution is 6.04. The maximum absolute atomic E-state index is 12.9. The second-order valence-corrected chi connectivity index (χ2v) is 8.74. The molecule has 1 N–H and O–H groups in total. The fourth-order valence-corrected chi connectivity index (χ4v) is 4.29. The Labute approximate surface area is 182 Å². The average molecular weight is 418 g/mol. The van der Waals surface area contributed by atoms with Crippen LogP contribution in [0.2, 0.25) is 0 Å². The third kappa shape index (κ3) is 4.08. The molecule has 0 bridgehead atoms. The molecule has 0 unspecified atom stereocenters. The highest BCUT2D eigenvalue weighted by Gasteiger charge is 2.29. The maximum Gasteiger partial charge on any atom is 0.278 e. The number of nitrogens with one attached hydrogen (secondary N) is 1. The van der Waals surface area contributed by atoms with Crippen molar-refractivity contribution in [2.24, 2.45) is 5.92 Å². The first-order valence-corrected chi connectivity index (χ1v) is 10.9. The number of carbonyl (C=O) groups excluding carboxylic acids is 1. The van der Waals surface area contributed by atoms with Crippen molar-refractivity contribution < 1.29 is 14.1 Å². The molecule has 0 aliphatic carbocycles. The standard InChI is InChI=1S/C25H27N3O3/c1-16-9-11-28(12-10-16)14-18-4-6-19(7-5-18)26-25(29)23-21-15-30-22-8-3-17(2)13-20(22)24(21)31-27-23/h3-8,13,16H,9-12,14-15H2,1-2H3,(H,26,29). The van der Waals surface area contributed by atoms with E-state index in [1.54, 1.807) is 0 Å². The first kappa shape index (κ1) is 19.8. The molecule has 2 aromatic carbocycles. The maximum atomic E-state index is 12.9. The van der Waals surface area contributed by atoms with Crippen LogP contribution in [0.1, 0.15) is 46.9 Å². The zero-order valence-electron chi connectivity index (χ0n) is 18.0. The van der Waals surface area contributed by atoms with Crippen LogP contribution in [0.25, 0.3) is 11.3 Å². The molecule has 0 atom stereocenters. The molecular formula is C25H27N3O3. The molecule has 2 aliphatic heterocycles. The summed E-state index contributed by atoms with van der Waals surface area (Å²) in [6.45, 7) is 7.86. The SMILES string of the molecule is Cc1ccc2c(c1)-c1onc(C(=O)Nc3ccc(CN4CCC(C)CC4)cc3)c1CO2. The lowest BCUT2D eigenvalue weighted by atomic mass is 9.99. The average Bonchev–Trinajstić information content (AvgIpc) is 3.21. The number of hydrogen-bond acceptors (Lipinski definition) is 5. The predicted molar refractivity (Wildman–Crippen MR) is 119 cm³/mol. The molecule has 3 aromatic rings. The lowest BCUT2D eigenvalue weighted by Gasteiger charge is -2.30. The minimum Gasteiger partial charge on any atom is -0.488 e. The lowest BCUT2D eigenvalue weighted by Crippen LogP contribution is -2.32. The topological polar surface area (TPSA) is 67.6 Å². The highest BCUT2D eigenvalue weighted by atomic mass is 16.5. The van der Waals surface area contributed by atoms with Gasteiger partial charge in [-0.1, -0.05) is 35.8 Å². The Morgan fingerprint density at radius 1 is 1.16 bits per heavy atom. The van der Waals surface area contributed by atoms with Crippen molar-refractivity contribution in [1.29, 1.82) is 0 Å². The molecule has 160 valence electrons. The largest absolute Gasteiger partial charge is 0.488 e. The molecule has 6 nitrogen and oxygen atoms in total. The molecule has 0 saturated carbocycles. The van der Waals surface area contributed by atoms with E-state index in [1.165, 1.54) is 18.4 Å². The summed E-state index contributed by atoms with van der Waals surface area (Å²) >= 11 is 0. The Morgan fingerprint density at radius 2 is 1.94 bits per heavy atom. The molecule has 1 fully saturated rings. The van der Waals surface area contributed by atoms with Gasteiger partial charge in [0.05, 0.1) is 11.1 Å². The van der Waals surface area contributed by atoms with Gasteiger partial charge in [-0.05, 0) is 68.6 Å². The van der Waals surface area contributed by atoms with Crippen LogP contribution in [-0.2, 0) is 13.2 Å². The summed E-state index contributed by atoms with van der Waals surface area (Å²) in [5.41, 5.74) is 4.89. The van der Waals surface area contributed by atoms with Gasteiger partial charge in [0.25, 0.3) is 5.91 Å². The Kier molecular flexibility index (Phi) is 5.24. The van der Waals surface area contributed by atoms with Crippen LogP contribution in [0.3, 0.4) is 0 Å². The number of amides is 1. The number of benzene rings is 2. The molecule has 0 radical (unpaired) electrons. The van der Waals surface area contributed by atoms with Crippen LogP contribution in [0.4, 0.5) is 5.69 Å². The van der Waals surface area contributed by atoms with Gasteiger partial charge in [0.15, 0.2) is 11.5 Å². The van der Waals surface area contributed by atoms with Gasteiger partial charge >= 0.3 is 0 Å². The van der Waals surface area contributed by atoms with E-state index in [4.69, 9.17) is 9.26 Å². The van der Waals surface area contributed by atoms with Gasteiger partial charge in [-0.3, -0.25) is 9.69 Å². The number of anilines is 1. The Hall–Kier alpha value is -3.12. The number of ether oxygens (including phenoxy) is 1. The summed E-state index contributed by atoms with van der Waals surface area (Å²) < 4.78 is 11.4. The number of likely N-dealkylation sites (tertiary alicyclic amines) is 1. The van der Waals surface area contributed by atoms with Gasteiger partial charge in [0.2, 0.25) is 0 Å². The fraction of sp³-hybridized carbons (Fsp3) is 0.360. The summed E-state index contributed by atoms with van der Waals surface area (Å²) in [4.78, 5) is 15.4. The molecule has 1 aromatic heterocycles. The Morgan fingerprint density at radius 3 is 2.71 bits per heavy atom. The van der Waals surface area contributed by atoms with Crippen molar-refractivity contribution in [2.45, 2.75) is 39.8 Å². The zero-order valence-corrected chi connectivity index (χ0v) is 18.0. The summed E-state index contributed by atoms with van der Waals surface area (Å²) in [5.74, 6) is 1.91. The van der Waals surface area contributed by atoms with E-state index in [1.807, 2.05) is 37.3 Å². The van der Waals surface area contributed by atoms with Gasteiger partial charge in [0.1, 0.15) is 12.4 Å². The number of nitrogens with zero attached hydrogens (tertiary/aromatic N) is 2. The third-order valence-corrected chi connectivity index (χ3v) is 6.25. The Bertz CT molecular complexity index is 1100. The number of rotatable bonds is 4. The number of aromatic nitrogens is 1. The van der Waals surface area contributed by atoms with Crippen molar-refractivity contribution in [3.8, 4) is 17.1 Å². The van der Waals surface area contributed by atoms with Gasteiger partial charge in [-0.15, -0.1) is 0 Å². The minimum atomic E-state index is -0.289. The molecule has 0 spiro atoms. The van der Waals surface area contributed by atoms with Crippen molar-refractivity contribution in [3.63, 3.8) is 0 Å². The van der Waals surface area contributed by atoms with Gasteiger partial charge in [-0.25, -0.2) is 0 Å². The second-order valence-electron chi connectivity index (χ2n) is 8.74. The van der Waals surface area contributed by atoms with E-state index in [-0.39, 0.29) is 18.2 Å². The van der Waals surface area contributed by atoms with Crippen molar-refractivity contribution in [2.75, 3.05) is 18.4 Å². The highest BCUT2D eigenvalue weighted by Crippen LogP contribution is 2.39. The van der Waals surface area contributed by atoms with Crippen molar-refractivity contribution in [1.82, 2.24) is 10.1 Å². The second kappa shape index (κ2) is 8.19. The van der Waals surface area contributed by atoms with Crippen LogP contribution in [0.15, 0.2) is 47.0 Å². The molecule has 1 amide bonds. The quantitative estimate of drug-likeness (QED) is 0.645. The van der Waals surface area contributed by atoms with E-state index in [0.717, 1.165) is 48.1 Å². The van der Waals surface area contributed by atoms with Crippen LogP contribution < -0.4 is 10.1 Å². The summed E-state index contributed by atoms with van der Waals surface area (Å²) in [6, 6.07) is 13.9. The molecule has 6 heteroatoms. The monoisotopic (exact) mass is 417 g/mol. The van der Waals surface area contributed by atoms with Crippen LogP contribution in [0, 0.1) is 12.8 Å². The van der Waals surface area contributed by atoms with Gasteiger partial charge < -0.3 is 14.6 Å². The lowest BCUT2D eigenvalue weighted by molar-refractivity contribution is 0.101. The van der Waals surface area contributed by atoms with Gasteiger partial charge in [0, 0.05) is 12.2 Å². The van der Waals surface area contributed by atoms with E-state index in [2.05, 4.69) is 34.4 Å². The zero-order chi connectivity index (χ0) is 21.4. The summed E-state index contributed by atoms with van der Waals surface area (Å²) in [5, 5.41) is 6.99. The number of fused-ring (bicyclic) bond motifs is 3. The minimum absolute atomic E-state index is 0.269. The Balaban J connectivity index is 1.27. The third-order valence-electron chi connectivity index (χ3n) is 6.25. The summed E-state index contributed by atoms with van der Waals surface area (Å²) in [7, 11) is 0. The first-order chi connectivity index (χ1) is 15.1. The van der Waals surface area contributed by atoms with Crippen LogP contribution >= 0.6 is 0 Å². The predicted octanol–water partition coefficient (Wildman–Crippen LogP) is 5.03. The van der Waals surface area contributed by atoms with E-state index in [9.17, 15) is 4.79 Å². The van der Waals surface area contributed by atoms with E-state index in [0.29, 0.717) is 11.3 Å². The number of hydrogen-bond donors (Lipinski definition) is 1.